The van der Waals surface area contributed by atoms with Gasteiger partial charge in [-0.2, -0.15) is 0 Å². The molecule has 2 aromatic rings. The zero-order chi connectivity index (χ0) is 13.7. The van der Waals surface area contributed by atoms with Crippen LogP contribution in [0.3, 0.4) is 0 Å². The number of nitrogens with two attached hydrogens (primary N) is 1. The van der Waals surface area contributed by atoms with Crippen molar-refractivity contribution in [3.8, 4) is 0 Å². The molecule has 0 saturated carbocycles. The average molecular weight is 269 g/mol. The molecule has 0 saturated heterocycles. The highest BCUT2D eigenvalue weighted by Crippen LogP contribution is 2.19. The Morgan fingerprint density at radius 3 is 2.44 bits per heavy atom. The fourth-order valence-electron chi connectivity index (χ4n) is 1.09. The molecule has 0 fully saturated rings. The van der Waals surface area contributed by atoms with Crippen LogP contribution in [-0.4, -0.2) is 16.2 Å². The van der Waals surface area contributed by atoms with E-state index in [2.05, 4.69) is 9.68 Å². The van der Waals surface area contributed by atoms with E-state index < -0.39 is 5.97 Å². The van der Waals surface area contributed by atoms with E-state index in [-0.39, 0.29) is 5.69 Å². The van der Waals surface area contributed by atoms with Gasteiger partial charge in [0.05, 0.1) is 0 Å². The number of halogens is 1. The van der Waals surface area contributed by atoms with Gasteiger partial charge in [-0.3, -0.25) is 0 Å². The molecule has 0 amide bonds. The van der Waals surface area contributed by atoms with Gasteiger partial charge in [0.15, 0.2) is 5.69 Å². The summed E-state index contributed by atoms with van der Waals surface area (Å²) < 4.78 is 4.49. The van der Waals surface area contributed by atoms with Crippen LogP contribution in [0.4, 0.5) is 5.69 Å². The van der Waals surface area contributed by atoms with Gasteiger partial charge in [0, 0.05) is 16.8 Å². The van der Waals surface area contributed by atoms with Gasteiger partial charge in [-0.05, 0) is 31.5 Å². The molecule has 0 atom stereocenters. The molecule has 0 radical (unpaired) electrons. The van der Waals surface area contributed by atoms with Crippen molar-refractivity contribution in [1.82, 2.24) is 5.16 Å². The molecule has 5 nitrogen and oxygen atoms in total. The Bertz CT molecular complexity index is 532. The lowest BCUT2D eigenvalue weighted by Crippen LogP contribution is -1.94. The second kappa shape index (κ2) is 6.07. The molecule has 0 unspecified atom stereocenters. The lowest BCUT2D eigenvalue weighted by Gasteiger charge is -1.98. The maximum absolute atomic E-state index is 10.1. The Kier molecular flexibility index (Phi) is 4.74. The summed E-state index contributed by atoms with van der Waals surface area (Å²) in [6, 6.07) is 6.86. The van der Waals surface area contributed by atoms with Crippen molar-refractivity contribution in [2.75, 3.05) is 5.73 Å². The van der Waals surface area contributed by atoms with Crippen LogP contribution >= 0.6 is 11.6 Å². The molecule has 3 N–H and O–H groups in total. The van der Waals surface area contributed by atoms with E-state index in [1.807, 2.05) is 25.1 Å². The zero-order valence-electron chi connectivity index (χ0n) is 9.98. The number of anilines is 1. The molecule has 0 aliphatic heterocycles. The molecule has 0 aliphatic carbocycles. The van der Waals surface area contributed by atoms with E-state index in [1.54, 1.807) is 6.92 Å². The van der Waals surface area contributed by atoms with Crippen LogP contribution in [0.2, 0.25) is 5.02 Å². The van der Waals surface area contributed by atoms with Crippen molar-refractivity contribution >= 4 is 23.3 Å². The third-order valence-electron chi connectivity index (χ3n) is 2.16. The largest absolute Gasteiger partial charge is 0.476 e. The highest BCUT2D eigenvalue weighted by atomic mass is 35.5. The van der Waals surface area contributed by atoms with E-state index in [4.69, 9.17) is 22.4 Å². The van der Waals surface area contributed by atoms with Crippen LogP contribution in [0.5, 0.6) is 0 Å². The van der Waals surface area contributed by atoms with Crippen molar-refractivity contribution in [2.24, 2.45) is 0 Å². The van der Waals surface area contributed by atoms with Crippen LogP contribution in [0.1, 0.15) is 21.8 Å². The van der Waals surface area contributed by atoms with Gasteiger partial charge in [0.25, 0.3) is 0 Å². The summed E-state index contributed by atoms with van der Waals surface area (Å²) in [6.45, 7) is 3.54. The number of hydrogen-bond acceptors (Lipinski definition) is 4. The summed E-state index contributed by atoms with van der Waals surface area (Å²) in [5.41, 5.74) is 7.20. The fraction of sp³-hybridized carbons (Fsp3) is 0.167. The van der Waals surface area contributed by atoms with Crippen molar-refractivity contribution in [3.63, 3.8) is 0 Å². The first-order valence-electron chi connectivity index (χ1n) is 5.09. The summed E-state index contributed by atoms with van der Waals surface area (Å²) in [5.74, 6) is -0.556. The molecule has 1 aromatic heterocycles. The molecule has 2 rings (SSSR count). The van der Waals surface area contributed by atoms with E-state index in [9.17, 15) is 4.79 Å². The summed E-state index contributed by atoms with van der Waals surface area (Å²) in [7, 11) is 0. The van der Waals surface area contributed by atoms with Crippen LogP contribution < -0.4 is 5.73 Å². The minimum atomic E-state index is -1.06. The van der Waals surface area contributed by atoms with Gasteiger partial charge < -0.3 is 15.4 Å². The number of nitrogens with zero attached hydrogens (tertiary/aromatic N) is 1. The van der Waals surface area contributed by atoms with Crippen molar-refractivity contribution < 1.29 is 14.4 Å². The number of rotatable bonds is 1. The number of carboxylic acid groups (broad SMARTS) is 1. The lowest BCUT2D eigenvalue weighted by atomic mass is 10.2. The number of hydrogen-bond donors (Lipinski definition) is 2. The summed E-state index contributed by atoms with van der Waals surface area (Å²) in [4.78, 5) is 10.1. The van der Waals surface area contributed by atoms with E-state index in [1.165, 1.54) is 6.07 Å². The third kappa shape index (κ3) is 3.78. The van der Waals surface area contributed by atoms with E-state index >= 15 is 0 Å². The summed E-state index contributed by atoms with van der Waals surface area (Å²) in [6.07, 6.45) is 0. The Hall–Kier alpha value is -2.01. The maximum Gasteiger partial charge on any atom is 0.358 e. The minimum Gasteiger partial charge on any atom is -0.476 e. The number of carbonyl (C=O) groups is 1. The first kappa shape index (κ1) is 14.1. The number of carboxylic acids is 1. The number of aromatic carboxylic acids is 1. The third-order valence-corrected chi connectivity index (χ3v) is 2.57. The molecule has 96 valence electrons. The van der Waals surface area contributed by atoms with Gasteiger partial charge >= 0.3 is 5.97 Å². The molecular weight excluding hydrogens is 256 g/mol. The Morgan fingerprint density at radius 2 is 2.11 bits per heavy atom. The molecule has 1 aromatic carbocycles. The van der Waals surface area contributed by atoms with Gasteiger partial charge in [-0.25, -0.2) is 4.79 Å². The molecule has 6 heteroatoms. The topological polar surface area (TPSA) is 89.4 Å². The number of aromatic nitrogens is 1. The Labute approximate surface area is 109 Å². The highest BCUT2D eigenvalue weighted by molar-refractivity contribution is 6.31. The summed E-state index contributed by atoms with van der Waals surface area (Å²) in [5, 5.41) is 12.2. The predicted octanol–water partition coefficient (Wildman–Crippen LogP) is 2.91. The first-order chi connectivity index (χ1) is 8.41. The standard InChI is InChI=1S/C7H8ClN.C5H5NO3/c1-5-6(8)3-2-4-7(5)9;1-3-2-4(5(7)8)6-9-3/h2-4H,9H2,1H3;2H,1H3,(H,7,8). The monoisotopic (exact) mass is 268 g/mol. The van der Waals surface area contributed by atoms with Crippen LogP contribution in [0.25, 0.3) is 0 Å². The molecule has 0 spiro atoms. The molecule has 0 aliphatic rings. The minimum absolute atomic E-state index is 0.0486. The van der Waals surface area contributed by atoms with Crippen LogP contribution in [0.15, 0.2) is 28.8 Å². The van der Waals surface area contributed by atoms with Crippen molar-refractivity contribution in [3.05, 3.63) is 46.3 Å². The maximum atomic E-state index is 10.1. The van der Waals surface area contributed by atoms with Crippen LogP contribution in [-0.2, 0) is 0 Å². The smallest absolute Gasteiger partial charge is 0.358 e. The Morgan fingerprint density at radius 1 is 1.44 bits per heavy atom. The summed E-state index contributed by atoms with van der Waals surface area (Å²) >= 11 is 5.73. The first-order valence-corrected chi connectivity index (χ1v) is 5.47. The second-order valence-corrected chi connectivity index (χ2v) is 3.99. The zero-order valence-corrected chi connectivity index (χ0v) is 10.7. The van der Waals surface area contributed by atoms with E-state index in [0.717, 1.165) is 16.3 Å². The normalized spacial score (nSPS) is 9.50. The molecule has 18 heavy (non-hydrogen) atoms. The molecule has 1 heterocycles. The van der Waals surface area contributed by atoms with Gasteiger partial charge in [-0.1, -0.05) is 22.8 Å². The number of aryl methyl sites for hydroxylation is 1. The Balaban J connectivity index is 0.000000180. The number of nitrogen functional groups attached to an aromatic ring is 1. The van der Waals surface area contributed by atoms with Crippen LogP contribution in [0, 0.1) is 13.8 Å². The van der Waals surface area contributed by atoms with Crippen molar-refractivity contribution in [2.45, 2.75) is 13.8 Å². The second-order valence-electron chi connectivity index (χ2n) is 3.58. The van der Waals surface area contributed by atoms with Gasteiger partial charge in [-0.15, -0.1) is 0 Å². The molecule has 0 bridgehead atoms. The predicted molar refractivity (Wildman–Crippen MR) is 68.8 cm³/mol. The highest BCUT2D eigenvalue weighted by Gasteiger charge is 2.06. The van der Waals surface area contributed by atoms with Crippen molar-refractivity contribution in [1.29, 1.82) is 0 Å². The fourth-order valence-corrected chi connectivity index (χ4v) is 1.27. The number of benzene rings is 1. The average Bonchev–Trinajstić information content (AvgIpc) is 2.74. The van der Waals surface area contributed by atoms with Gasteiger partial charge in [0.1, 0.15) is 5.76 Å². The quantitative estimate of drug-likeness (QED) is 0.776. The van der Waals surface area contributed by atoms with E-state index in [0.29, 0.717) is 5.76 Å². The molecular formula is C12H13ClN2O3. The van der Waals surface area contributed by atoms with Gasteiger partial charge in [0.2, 0.25) is 0 Å². The lowest BCUT2D eigenvalue weighted by molar-refractivity contribution is 0.0685. The SMILES string of the molecule is Cc1c(N)cccc1Cl.Cc1cc(C(=O)O)no1.